The second-order valence-electron chi connectivity index (χ2n) is 4.59. The molecule has 0 bridgehead atoms. The van der Waals surface area contributed by atoms with Gasteiger partial charge in [0.05, 0.1) is 26.9 Å². The molecule has 4 nitrogen and oxygen atoms in total. The Kier molecular flexibility index (Phi) is 6.54. The van der Waals surface area contributed by atoms with Crippen molar-refractivity contribution in [2.75, 3.05) is 32.7 Å². The number of anilines is 1. The number of nitrogen functional groups attached to an aromatic ring is 1. The first-order valence-corrected chi connectivity index (χ1v) is 6.21. The van der Waals surface area contributed by atoms with Gasteiger partial charge in [0, 0.05) is 23.9 Å². The maximum Gasteiger partial charge on any atom is 0.126 e. The van der Waals surface area contributed by atoms with Crippen LogP contribution in [0.4, 0.5) is 5.69 Å². The fourth-order valence-corrected chi connectivity index (χ4v) is 1.50. The highest BCUT2D eigenvalue weighted by molar-refractivity contribution is 5.48. The van der Waals surface area contributed by atoms with E-state index in [0.717, 1.165) is 17.9 Å². The molecular weight excluding hydrogens is 230 g/mol. The molecule has 0 amide bonds. The van der Waals surface area contributed by atoms with Gasteiger partial charge in [0.2, 0.25) is 0 Å². The SMILES string of the molecule is COc1cc(N)ccc1COCCOCC(C)C. The topological polar surface area (TPSA) is 53.7 Å². The van der Waals surface area contributed by atoms with E-state index in [1.54, 1.807) is 13.2 Å². The van der Waals surface area contributed by atoms with Crippen molar-refractivity contribution in [2.45, 2.75) is 20.5 Å². The number of nitrogens with two attached hydrogens (primary N) is 1. The van der Waals surface area contributed by atoms with E-state index in [0.29, 0.717) is 31.4 Å². The Morgan fingerprint density at radius 2 is 1.89 bits per heavy atom. The van der Waals surface area contributed by atoms with Crippen LogP contribution in [-0.4, -0.2) is 26.9 Å². The first kappa shape index (κ1) is 14.8. The van der Waals surface area contributed by atoms with Crippen molar-refractivity contribution in [3.63, 3.8) is 0 Å². The van der Waals surface area contributed by atoms with Gasteiger partial charge >= 0.3 is 0 Å². The van der Waals surface area contributed by atoms with Gasteiger partial charge in [0.1, 0.15) is 5.75 Å². The number of hydrogen-bond donors (Lipinski definition) is 1. The number of methoxy groups -OCH3 is 1. The van der Waals surface area contributed by atoms with Gasteiger partial charge in [-0.2, -0.15) is 0 Å². The van der Waals surface area contributed by atoms with Crippen LogP contribution in [0.2, 0.25) is 0 Å². The molecule has 0 aliphatic heterocycles. The molecule has 0 aliphatic rings. The molecular formula is C14H23NO3. The van der Waals surface area contributed by atoms with E-state index < -0.39 is 0 Å². The van der Waals surface area contributed by atoms with Gasteiger partial charge in [-0.05, 0) is 12.0 Å². The van der Waals surface area contributed by atoms with Gasteiger partial charge in [-0.3, -0.25) is 0 Å². The summed E-state index contributed by atoms with van der Waals surface area (Å²) in [7, 11) is 1.63. The van der Waals surface area contributed by atoms with E-state index >= 15 is 0 Å². The van der Waals surface area contributed by atoms with Crippen molar-refractivity contribution in [3.8, 4) is 5.75 Å². The molecule has 18 heavy (non-hydrogen) atoms. The van der Waals surface area contributed by atoms with Gasteiger partial charge in [0.25, 0.3) is 0 Å². The fourth-order valence-electron chi connectivity index (χ4n) is 1.50. The maximum atomic E-state index is 5.68. The standard InChI is InChI=1S/C14H23NO3/c1-11(2)9-17-6-7-18-10-12-4-5-13(15)8-14(12)16-3/h4-5,8,11H,6-7,9-10,15H2,1-3H3. The van der Waals surface area contributed by atoms with Gasteiger partial charge in [-0.15, -0.1) is 0 Å². The number of rotatable bonds is 8. The van der Waals surface area contributed by atoms with E-state index in [9.17, 15) is 0 Å². The first-order chi connectivity index (χ1) is 8.63. The molecule has 1 aromatic carbocycles. The second-order valence-corrected chi connectivity index (χ2v) is 4.59. The third-order valence-electron chi connectivity index (χ3n) is 2.39. The lowest BCUT2D eigenvalue weighted by atomic mass is 10.2. The normalized spacial score (nSPS) is 10.9. The van der Waals surface area contributed by atoms with Crippen LogP contribution < -0.4 is 10.5 Å². The quantitative estimate of drug-likeness (QED) is 0.571. The average Bonchev–Trinajstić information content (AvgIpc) is 2.34. The maximum absolute atomic E-state index is 5.68. The molecule has 0 spiro atoms. The van der Waals surface area contributed by atoms with E-state index in [1.165, 1.54) is 0 Å². The average molecular weight is 253 g/mol. The molecule has 0 radical (unpaired) electrons. The summed E-state index contributed by atoms with van der Waals surface area (Å²) in [5.74, 6) is 1.32. The van der Waals surface area contributed by atoms with Gasteiger partial charge < -0.3 is 19.9 Å². The predicted molar refractivity (Wildman–Crippen MR) is 72.7 cm³/mol. The minimum Gasteiger partial charge on any atom is -0.496 e. The molecule has 2 N–H and O–H groups in total. The molecule has 1 rings (SSSR count). The Bertz CT molecular complexity index is 353. The molecule has 0 atom stereocenters. The Balaban J connectivity index is 2.27. The van der Waals surface area contributed by atoms with Crippen LogP contribution in [0.1, 0.15) is 19.4 Å². The highest BCUT2D eigenvalue weighted by Gasteiger charge is 2.03. The number of benzene rings is 1. The lowest BCUT2D eigenvalue weighted by Crippen LogP contribution is -2.08. The monoisotopic (exact) mass is 253 g/mol. The zero-order valence-corrected chi connectivity index (χ0v) is 11.4. The molecule has 0 unspecified atom stereocenters. The lowest BCUT2D eigenvalue weighted by Gasteiger charge is -2.10. The summed E-state index contributed by atoms with van der Waals surface area (Å²) in [6.45, 7) is 6.74. The predicted octanol–water partition coefficient (Wildman–Crippen LogP) is 2.47. The minimum absolute atomic E-state index is 0.508. The number of ether oxygens (including phenoxy) is 3. The van der Waals surface area contributed by atoms with E-state index in [2.05, 4.69) is 13.8 Å². The smallest absolute Gasteiger partial charge is 0.126 e. The first-order valence-electron chi connectivity index (χ1n) is 6.21. The van der Waals surface area contributed by atoms with Crippen molar-refractivity contribution in [3.05, 3.63) is 23.8 Å². The third kappa shape index (κ3) is 5.38. The van der Waals surface area contributed by atoms with Crippen molar-refractivity contribution in [2.24, 2.45) is 5.92 Å². The Morgan fingerprint density at radius 1 is 1.17 bits per heavy atom. The van der Waals surface area contributed by atoms with E-state index in [1.807, 2.05) is 12.1 Å². The van der Waals surface area contributed by atoms with E-state index in [-0.39, 0.29) is 0 Å². The molecule has 1 aromatic rings. The molecule has 0 aliphatic carbocycles. The lowest BCUT2D eigenvalue weighted by molar-refractivity contribution is 0.0309. The summed E-state index contributed by atoms with van der Waals surface area (Å²) >= 11 is 0. The van der Waals surface area contributed by atoms with Crippen LogP contribution in [0.3, 0.4) is 0 Å². The largest absolute Gasteiger partial charge is 0.496 e. The van der Waals surface area contributed by atoms with Crippen molar-refractivity contribution in [1.82, 2.24) is 0 Å². The van der Waals surface area contributed by atoms with Crippen LogP contribution in [0.25, 0.3) is 0 Å². The summed E-state index contributed by atoms with van der Waals surface area (Å²) in [6.07, 6.45) is 0. The summed E-state index contributed by atoms with van der Waals surface area (Å²) in [5.41, 5.74) is 7.37. The van der Waals surface area contributed by atoms with Crippen LogP contribution >= 0.6 is 0 Å². The minimum atomic E-state index is 0.508. The summed E-state index contributed by atoms with van der Waals surface area (Å²) in [4.78, 5) is 0. The molecule has 0 fully saturated rings. The highest BCUT2D eigenvalue weighted by atomic mass is 16.5. The van der Waals surface area contributed by atoms with Gasteiger partial charge in [0.15, 0.2) is 0 Å². The highest BCUT2D eigenvalue weighted by Crippen LogP contribution is 2.21. The van der Waals surface area contributed by atoms with Crippen molar-refractivity contribution < 1.29 is 14.2 Å². The fraction of sp³-hybridized carbons (Fsp3) is 0.571. The van der Waals surface area contributed by atoms with Gasteiger partial charge in [-0.1, -0.05) is 19.9 Å². The summed E-state index contributed by atoms with van der Waals surface area (Å²) < 4.78 is 16.2. The molecule has 4 heteroatoms. The van der Waals surface area contributed by atoms with Crippen LogP contribution in [0, 0.1) is 5.92 Å². The van der Waals surface area contributed by atoms with Crippen molar-refractivity contribution in [1.29, 1.82) is 0 Å². The van der Waals surface area contributed by atoms with E-state index in [4.69, 9.17) is 19.9 Å². The summed E-state index contributed by atoms with van der Waals surface area (Å²) in [6, 6.07) is 5.56. The van der Waals surface area contributed by atoms with Crippen LogP contribution in [-0.2, 0) is 16.1 Å². The molecule has 0 aromatic heterocycles. The molecule has 0 heterocycles. The molecule has 0 saturated carbocycles. The van der Waals surface area contributed by atoms with Crippen LogP contribution in [0.15, 0.2) is 18.2 Å². The molecule has 0 saturated heterocycles. The zero-order valence-electron chi connectivity index (χ0n) is 11.4. The van der Waals surface area contributed by atoms with Crippen molar-refractivity contribution >= 4 is 5.69 Å². The Morgan fingerprint density at radius 3 is 2.56 bits per heavy atom. The zero-order chi connectivity index (χ0) is 13.4. The third-order valence-corrected chi connectivity index (χ3v) is 2.39. The Hall–Kier alpha value is -1.26. The summed E-state index contributed by atoms with van der Waals surface area (Å²) in [5, 5.41) is 0. The number of hydrogen-bond acceptors (Lipinski definition) is 4. The van der Waals surface area contributed by atoms with Gasteiger partial charge in [-0.25, -0.2) is 0 Å². The second kappa shape index (κ2) is 7.95. The molecule has 102 valence electrons. The Labute approximate surface area is 109 Å². The van der Waals surface area contributed by atoms with Crippen LogP contribution in [0.5, 0.6) is 5.75 Å².